The van der Waals surface area contributed by atoms with Gasteiger partial charge in [0.25, 0.3) is 11.6 Å². The lowest BCUT2D eigenvalue weighted by Gasteiger charge is -2.13. The molecule has 186 valence electrons. The molecular formula is C26H27N5O5. The summed E-state index contributed by atoms with van der Waals surface area (Å²) in [6, 6.07) is 13.2. The highest BCUT2D eigenvalue weighted by Crippen LogP contribution is 2.36. The number of aromatic amines is 1. The van der Waals surface area contributed by atoms with E-state index in [1.54, 1.807) is 50.6 Å². The summed E-state index contributed by atoms with van der Waals surface area (Å²) in [5.41, 5.74) is 2.72. The van der Waals surface area contributed by atoms with Crippen molar-refractivity contribution in [1.29, 1.82) is 0 Å². The molecule has 4 aromatic rings. The highest BCUT2D eigenvalue weighted by Gasteiger charge is 2.22. The van der Waals surface area contributed by atoms with Gasteiger partial charge in [0.05, 0.1) is 41.5 Å². The van der Waals surface area contributed by atoms with Gasteiger partial charge < -0.3 is 14.8 Å². The number of nitrogens with zero attached hydrogens (tertiary/aromatic N) is 3. The predicted molar refractivity (Wildman–Crippen MR) is 136 cm³/mol. The first kappa shape index (κ1) is 24.6. The van der Waals surface area contributed by atoms with Gasteiger partial charge in [0.15, 0.2) is 5.65 Å². The first-order valence-corrected chi connectivity index (χ1v) is 11.6. The molecule has 0 saturated carbocycles. The fourth-order valence-electron chi connectivity index (χ4n) is 4.01. The molecule has 2 aromatic carbocycles. The zero-order chi connectivity index (χ0) is 25.7. The number of benzene rings is 2. The summed E-state index contributed by atoms with van der Waals surface area (Å²) < 4.78 is 10.9. The monoisotopic (exact) mass is 489 g/mol. The number of rotatable bonds is 10. The Bertz CT molecular complexity index is 1420. The molecule has 10 nitrogen and oxygen atoms in total. The van der Waals surface area contributed by atoms with E-state index in [4.69, 9.17) is 14.5 Å². The maximum Gasteiger partial charge on any atom is 0.270 e. The van der Waals surface area contributed by atoms with Crippen molar-refractivity contribution >= 4 is 22.6 Å². The summed E-state index contributed by atoms with van der Waals surface area (Å²) >= 11 is 0. The molecule has 36 heavy (non-hydrogen) atoms. The number of nitro groups is 1. The number of fused-ring (bicyclic) bond motifs is 1. The summed E-state index contributed by atoms with van der Waals surface area (Å²) in [5, 5.41) is 22.1. The number of carbonyl (C=O) groups is 1. The van der Waals surface area contributed by atoms with Crippen LogP contribution in [0.5, 0.6) is 11.5 Å². The molecular weight excluding hydrogens is 462 g/mol. The third kappa shape index (κ3) is 4.97. The van der Waals surface area contributed by atoms with Crippen molar-refractivity contribution in [1.82, 2.24) is 20.5 Å². The third-order valence-corrected chi connectivity index (χ3v) is 5.86. The fraction of sp³-hybridized carbons (Fsp3) is 0.269. The third-order valence-electron chi connectivity index (χ3n) is 5.86. The lowest BCUT2D eigenvalue weighted by molar-refractivity contribution is -0.384. The van der Waals surface area contributed by atoms with Gasteiger partial charge in [0, 0.05) is 29.8 Å². The van der Waals surface area contributed by atoms with Gasteiger partial charge in [0.2, 0.25) is 0 Å². The number of carbonyl (C=O) groups excluding carboxylic acids is 1. The van der Waals surface area contributed by atoms with Gasteiger partial charge in [-0.05, 0) is 30.7 Å². The fourth-order valence-corrected chi connectivity index (χ4v) is 4.01. The zero-order valence-corrected chi connectivity index (χ0v) is 20.3. The van der Waals surface area contributed by atoms with Crippen LogP contribution in [0.4, 0.5) is 5.69 Å². The molecule has 0 aliphatic rings. The number of hydrogen-bond acceptors (Lipinski definition) is 7. The van der Waals surface area contributed by atoms with E-state index in [-0.39, 0.29) is 11.6 Å². The Morgan fingerprint density at radius 3 is 2.67 bits per heavy atom. The molecule has 0 radical (unpaired) electrons. The highest BCUT2D eigenvalue weighted by molar-refractivity contribution is 6.11. The van der Waals surface area contributed by atoms with Crippen molar-refractivity contribution in [2.45, 2.75) is 26.2 Å². The van der Waals surface area contributed by atoms with E-state index in [1.807, 2.05) is 0 Å². The topological polar surface area (TPSA) is 132 Å². The molecule has 10 heteroatoms. The second-order valence-corrected chi connectivity index (χ2v) is 8.19. The van der Waals surface area contributed by atoms with E-state index in [0.717, 1.165) is 19.3 Å². The number of aromatic nitrogens is 3. The SMILES string of the molecule is CCCCCNC(=O)c1cc(-c2cc(OC)ccc2OC)nc2n[nH]c(-c3cccc([N+](=O)[O-])c3)c12. The van der Waals surface area contributed by atoms with Gasteiger partial charge in [-0.2, -0.15) is 5.10 Å². The number of non-ortho nitro benzene ring substituents is 1. The van der Waals surface area contributed by atoms with Crippen LogP contribution in [0.2, 0.25) is 0 Å². The van der Waals surface area contributed by atoms with E-state index in [9.17, 15) is 14.9 Å². The maximum absolute atomic E-state index is 13.4. The first-order chi connectivity index (χ1) is 17.5. The summed E-state index contributed by atoms with van der Waals surface area (Å²) in [4.78, 5) is 29.0. The van der Waals surface area contributed by atoms with Gasteiger partial charge in [-0.25, -0.2) is 4.98 Å². The number of unbranched alkanes of at least 4 members (excludes halogenated alkanes) is 2. The molecule has 0 spiro atoms. The van der Waals surface area contributed by atoms with E-state index in [0.29, 0.717) is 57.2 Å². The number of ether oxygens (including phenoxy) is 2. The normalized spacial score (nSPS) is 10.9. The van der Waals surface area contributed by atoms with Crippen LogP contribution in [0.1, 0.15) is 36.5 Å². The minimum atomic E-state index is -0.463. The summed E-state index contributed by atoms with van der Waals surface area (Å²) in [7, 11) is 3.12. The van der Waals surface area contributed by atoms with Crippen molar-refractivity contribution in [3.05, 3.63) is 64.2 Å². The Labute approximate surface area is 207 Å². The van der Waals surface area contributed by atoms with Gasteiger partial charge >= 0.3 is 0 Å². The van der Waals surface area contributed by atoms with Crippen LogP contribution >= 0.6 is 0 Å². The van der Waals surface area contributed by atoms with Crippen LogP contribution in [-0.2, 0) is 0 Å². The molecule has 2 N–H and O–H groups in total. The van der Waals surface area contributed by atoms with E-state index < -0.39 is 4.92 Å². The number of nitro benzene ring substituents is 1. The van der Waals surface area contributed by atoms with Crippen LogP contribution < -0.4 is 14.8 Å². The van der Waals surface area contributed by atoms with Gasteiger partial charge in [-0.3, -0.25) is 20.0 Å². The van der Waals surface area contributed by atoms with Crippen molar-refractivity contribution in [3.63, 3.8) is 0 Å². The molecule has 0 saturated heterocycles. The van der Waals surface area contributed by atoms with E-state index >= 15 is 0 Å². The largest absolute Gasteiger partial charge is 0.497 e. The Kier molecular flexibility index (Phi) is 7.43. The Morgan fingerprint density at radius 1 is 1.11 bits per heavy atom. The molecule has 0 atom stereocenters. The first-order valence-electron chi connectivity index (χ1n) is 11.6. The smallest absolute Gasteiger partial charge is 0.270 e. The molecule has 2 heterocycles. The summed E-state index contributed by atoms with van der Waals surface area (Å²) in [5.74, 6) is 0.888. The number of methoxy groups -OCH3 is 2. The Hall–Kier alpha value is -4.47. The number of hydrogen-bond donors (Lipinski definition) is 2. The van der Waals surface area contributed by atoms with Gasteiger partial charge in [-0.1, -0.05) is 31.9 Å². The summed E-state index contributed by atoms with van der Waals surface area (Å²) in [6.07, 6.45) is 2.90. The van der Waals surface area contributed by atoms with Crippen molar-refractivity contribution in [2.24, 2.45) is 0 Å². The highest BCUT2D eigenvalue weighted by atomic mass is 16.6. The molecule has 4 rings (SSSR count). The van der Waals surface area contributed by atoms with Crippen LogP contribution in [0.3, 0.4) is 0 Å². The summed E-state index contributed by atoms with van der Waals surface area (Å²) in [6.45, 7) is 2.62. The Balaban J connectivity index is 1.90. The quantitative estimate of drug-likeness (QED) is 0.179. The van der Waals surface area contributed by atoms with Crippen LogP contribution in [0.15, 0.2) is 48.5 Å². The molecule has 0 bridgehead atoms. The lowest BCUT2D eigenvalue weighted by Crippen LogP contribution is -2.24. The maximum atomic E-state index is 13.4. The van der Waals surface area contributed by atoms with E-state index in [2.05, 4.69) is 22.4 Å². The molecule has 0 aliphatic heterocycles. The molecule has 1 amide bonds. The second kappa shape index (κ2) is 10.9. The zero-order valence-electron chi connectivity index (χ0n) is 20.3. The molecule has 0 unspecified atom stereocenters. The molecule has 2 aromatic heterocycles. The van der Waals surface area contributed by atoms with Crippen LogP contribution in [0, 0.1) is 10.1 Å². The average molecular weight is 490 g/mol. The van der Waals surface area contributed by atoms with Crippen LogP contribution in [-0.4, -0.2) is 46.8 Å². The van der Waals surface area contributed by atoms with Crippen molar-refractivity contribution in [3.8, 4) is 34.0 Å². The number of H-pyrrole nitrogens is 1. The minimum absolute atomic E-state index is 0.0634. The second-order valence-electron chi connectivity index (χ2n) is 8.19. The number of pyridine rings is 1. The van der Waals surface area contributed by atoms with Crippen molar-refractivity contribution < 1.29 is 19.2 Å². The molecule has 0 fully saturated rings. The van der Waals surface area contributed by atoms with Crippen molar-refractivity contribution in [2.75, 3.05) is 20.8 Å². The predicted octanol–water partition coefficient (Wildman–Crippen LogP) is 5.14. The van der Waals surface area contributed by atoms with E-state index in [1.165, 1.54) is 12.1 Å². The minimum Gasteiger partial charge on any atom is -0.497 e. The molecule has 0 aliphatic carbocycles. The standard InChI is InChI=1S/C26H27N5O5/c1-4-5-6-12-27-26(32)20-15-21(19-14-18(35-2)10-11-22(19)36-3)28-25-23(20)24(29-30-25)16-8-7-9-17(13-16)31(33)34/h7-11,13-15H,4-6,12H2,1-3H3,(H,27,32)(H,28,29,30). The number of amides is 1. The van der Waals surface area contributed by atoms with Gasteiger partial charge in [-0.15, -0.1) is 0 Å². The lowest BCUT2D eigenvalue weighted by atomic mass is 10.0. The van der Waals surface area contributed by atoms with Gasteiger partial charge in [0.1, 0.15) is 11.5 Å². The Morgan fingerprint density at radius 2 is 1.94 bits per heavy atom. The number of nitrogens with one attached hydrogen (secondary N) is 2. The average Bonchev–Trinajstić information content (AvgIpc) is 3.34. The van der Waals surface area contributed by atoms with Crippen LogP contribution in [0.25, 0.3) is 33.5 Å².